The summed E-state index contributed by atoms with van der Waals surface area (Å²) in [6.07, 6.45) is 0.614. The van der Waals surface area contributed by atoms with Gasteiger partial charge < -0.3 is 33.5 Å². The van der Waals surface area contributed by atoms with Crippen molar-refractivity contribution in [2.75, 3.05) is 48.9 Å². The van der Waals surface area contributed by atoms with Gasteiger partial charge in [0.05, 0.1) is 40.1 Å². The van der Waals surface area contributed by atoms with Gasteiger partial charge in [0.25, 0.3) is 0 Å². The third-order valence-electron chi connectivity index (χ3n) is 7.12. The summed E-state index contributed by atoms with van der Waals surface area (Å²) in [6, 6.07) is 5.63. The van der Waals surface area contributed by atoms with E-state index in [2.05, 4.69) is 4.90 Å². The molecule has 0 aromatic heterocycles. The minimum absolute atomic E-state index is 0.0184. The molecule has 32 heavy (non-hydrogen) atoms. The lowest BCUT2D eigenvalue weighted by molar-refractivity contribution is 0.0259. The predicted octanol–water partition coefficient (Wildman–Crippen LogP) is 3.34. The maximum absolute atomic E-state index is 10.5. The number of fused-ring (bicyclic) bond motifs is 7. The Balaban J connectivity index is 1.77. The number of aliphatic hydroxyl groups is 1. The van der Waals surface area contributed by atoms with Crippen LogP contribution in [0.4, 0.5) is 0 Å². The van der Waals surface area contributed by atoms with Gasteiger partial charge in [0.15, 0.2) is 23.0 Å². The molecule has 0 saturated carbocycles. The van der Waals surface area contributed by atoms with Crippen molar-refractivity contribution in [3.05, 3.63) is 40.5 Å². The summed E-state index contributed by atoms with van der Waals surface area (Å²) in [6.45, 7) is 0.0947. The Hall–Kier alpha value is -2.68. The number of hydrogen-bond donors (Lipinski definition) is 1. The van der Waals surface area contributed by atoms with Gasteiger partial charge in [-0.15, -0.1) is 0 Å². The molecule has 1 N–H and O–H groups in total. The predicted molar refractivity (Wildman–Crippen MR) is 116 cm³/mol. The summed E-state index contributed by atoms with van der Waals surface area (Å²) in [5, 5.41) is 10.5. The molecule has 2 aliphatic heterocycles. The van der Waals surface area contributed by atoms with Crippen molar-refractivity contribution in [1.29, 1.82) is 0 Å². The molecule has 0 bridgehead atoms. The van der Waals surface area contributed by atoms with E-state index in [1.54, 1.807) is 28.4 Å². The Bertz CT molecular complexity index is 1040. The zero-order valence-corrected chi connectivity index (χ0v) is 19.0. The maximum Gasteiger partial charge on any atom is 0.231 e. The van der Waals surface area contributed by atoms with Gasteiger partial charge in [-0.25, -0.2) is 0 Å². The van der Waals surface area contributed by atoms with Gasteiger partial charge in [-0.05, 0) is 36.7 Å². The maximum atomic E-state index is 10.5. The average Bonchev–Trinajstić information content (AvgIpc) is 3.30. The summed E-state index contributed by atoms with van der Waals surface area (Å²) in [5.74, 6) is 3.47. The van der Waals surface area contributed by atoms with Crippen LogP contribution in [0.3, 0.4) is 0 Å². The normalized spacial score (nSPS) is 25.6. The monoisotopic (exact) mass is 443 g/mol. The molecule has 172 valence electrons. The zero-order chi connectivity index (χ0) is 22.6. The third-order valence-corrected chi connectivity index (χ3v) is 7.12. The van der Waals surface area contributed by atoms with Crippen molar-refractivity contribution >= 4 is 0 Å². The molecule has 3 aliphatic rings. The summed E-state index contributed by atoms with van der Waals surface area (Å²) in [5.41, 5.74) is 4.14. The van der Waals surface area contributed by atoms with E-state index < -0.39 is 0 Å². The van der Waals surface area contributed by atoms with Gasteiger partial charge in [0, 0.05) is 36.3 Å². The molecule has 0 saturated heterocycles. The number of methoxy groups -OCH3 is 4. The van der Waals surface area contributed by atoms with Gasteiger partial charge in [-0.3, -0.25) is 4.90 Å². The van der Waals surface area contributed by atoms with Crippen LogP contribution < -0.4 is 23.7 Å². The van der Waals surface area contributed by atoms with E-state index in [4.69, 9.17) is 28.4 Å². The lowest BCUT2D eigenvalue weighted by Gasteiger charge is -2.50. The number of rotatable bonds is 5. The van der Waals surface area contributed by atoms with E-state index in [1.165, 1.54) is 0 Å². The van der Waals surface area contributed by atoms with E-state index in [-0.39, 0.29) is 37.5 Å². The summed E-state index contributed by atoms with van der Waals surface area (Å²) >= 11 is 0. The number of benzene rings is 2. The summed E-state index contributed by atoms with van der Waals surface area (Å²) in [4.78, 5) is 2.21. The number of ether oxygens (including phenoxy) is 6. The number of hydrogen-bond acceptors (Lipinski definition) is 8. The number of nitrogens with zero attached hydrogens (tertiary/aromatic N) is 1. The fraction of sp³-hybridized carbons (Fsp3) is 0.500. The highest BCUT2D eigenvalue weighted by atomic mass is 16.7. The molecular formula is C24H29NO7. The van der Waals surface area contributed by atoms with Crippen LogP contribution in [-0.2, 0) is 4.74 Å². The molecular weight excluding hydrogens is 414 g/mol. The second-order valence-electron chi connectivity index (χ2n) is 8.35. The molecule has 0 radical (unpaired) electrons. The molecule has 0 fully saturated rings. The molecule has 0 amide bonds. The van der Waals surface area contributed by atoms with Crippen LogP contribution in [0.1, 0.15) is 52.8 Å². The van der Waals surface area contributed by atoms with Crippen LogP contribution in [0.15, 0.2) is 18.2 Å². The van der Waals surface area contributed by atoms with Gasteiger partial charge in [-0.1, -0.05) is 0 Å². The first-order valence-electron chi connectivity index (χ1n) is 10.7. The molecule has 8 heteroatoms. The highest BCUT2D eigenvalue weighted by Gasteiger charge is 2.49. The topological polar surface area (TPSA) is 78.9 Å². The van der Waals surface area contributed by atoms with Crippen LogP contribution in [0.5, 0.6) is 28.7 Å². The Labute approximate surface area is 187 Å². The van der Waals surface area contributed by atoms with Crippen molar-refractivity contribution in [3.8, 4) is 28.7 Å². The summed E-state index contributed by atoms with van der Waals surface area (Å²) < 4.78 is 34.5. The van der Waals surface area contributed by atoms with Crippen molar-refractivity contribution in [1.82, 2.24) is 4.90 Å². The lowest BCUT2D eigenvalue weighted by atomic mass is 9.69. The van der Waals surface area contributed by atoms with Crippen LogP contribution in [0.25, 0.3) is 0 Å². The van der Waals surface area contributed by atoms with Crippen LogP contribution >= 0.6 is 0 Å². The second kappa shape index (κ2) is 8.03. The van der Waals surface area contributed by atoms with E-state index >= 15 is 0 Å². The molecule has 2 heterocycles. The highest BCUT2D eigenvalue weighted by molar-refractivity contribution is 5.63. The van der Waals surface area contributed by atoms with Crippen molar-refractivity contribution in [2.45, 2.75) is 30.5 Å². The van der Waals surface area contributed by atoms with Crippen molar-refractivity contribution in [2.24, 2.45) is 0 Å². The first-order valence-corrected chi connectivity index (χ1v) is 10.7. The third kappa shape index (κ3) is 2.86. The zero-order valence-electron chi connectivity index (χ0n) is 19.0. The van der Waals surface area contributed by atoms with Crippen molar-refractivity contribution in [3.63, 3.8) is 0 Å². The SMILES string of the molecule is COc1cc2c(cc1OC)C1C(CC2OC)c2c(OC)cc3c(c2[C@@H](CO)N1C)OCO3. The fourth-order valence-corrected chi connectivity index (χ4v) is 5.71. The fourth-order valence-electron chi connectivity index (χ4n) is 5.71. The van der Waals surface area contributed by atoms with Crippen LogP contribution in [0, 0.1) is 0 Å². The average molecular weight is 443 g/mol. The van der Waals surface area contributed by atoms with Gasteiger partial charge in [0.1, 0.15) is 5.75 Å². The van der Waals surface area contributed by atoms with E-state index in [0.29, 0.717) is 23.0 Å². The molecule has 1 aliphatic carbocycles. The first kappa shape index (κ1) is 21.2. The van der Waals surface area contributed by atoms with Gasteiger partial charge in [0.2, 0.25) is 6.79 Å². The lowest BCUT2D eigenvalue weighted by Crippen LogP contribution is -2.43. The van der Waals surface area contributed by atoms with Crippen LogP contribution in [-0.4, -0.2) is 58.9 Å². The minimum Gasteiger partial charge on any atom is -0.496 e. The Morgan fingerprint density at radius 1 is 0.938 bits per heavy atom. The second-order valence-corrected chi connectivity index (χ2v) is 8.35. The van der Waals surface area contributed by atoms with Crippen LogP contribution in [0.2, 0.25) is 0 Å². The molecule has 3 unspecified atom stereocenters. The largest absolute Gasteiger partial charge is 0.496 e. The molecule has 4 atom stereocenters. The molecule has 0 spiro atoms. The number of aliphatic hydroxyl groups excluding tert-OH is 1. The van der Waals surface area contributed by atoms with Gasteiger partial charge in [-0.2, -0.15) is 0 Å². The molecule has 5 rings (SSSR count). The summed E-state index contributed by atoms with van der Waals surface area (Å²) in [7, 11) is 8.70. The number of likely N-dealkylation sites (N-methyl/N-ethyl adjacent to an activating group) is 1. The van der Waals surface area contributed by atoms with E-state index in [9.17, 15) is 5.11 Å². The van der Waals surface area contributed by atoms with E-state index in [1.807, 2.05) is 25.2 Å². The molecule has 2 aromatic rings. The van der Waals surface area contributed by atoms with E-state index in [0.717, 1.165) is 34.4 Å². The highest BCUT2D eigenvalue weighted by Crippen LogP contribution is 2.61. The molecule has 2 aromatic carbocycles. The van der Waals surface area contributed by atoms with Gasteiger partial charge >= 0.3 is 0 Å². The Morgan fingerprint density at radius 2 is 1.62 bits per heavy atom. The first-order chi connectivity index (χ1) is 15.6. The molecule has 8 nitrogen and oxygen atoms in total. The Morgan fingerprint density at radius 3 is 2.25 bits per heavy atom. The standard InChI is InChI=1S/C24H29NO7/c1-25-15(10-26)22-21(19(30-5)9-20-24(22)32-11-31-20)14-8-16(27-2)12-6-17(28-3)18(29-4)7-13(12)23(14)25/h6-7,9,14-16,23,26H,8,10-11H2,1-5H3/t14?,15-,16?,23?/m1/s1. The Kier molecular flexibility index (Phi) is 5.31. The quantitative estimate of drug-likeness (QED) is 0.754. The van der Waals surface area contributed by atoms with Crippen molar-refractivity contribution < 1.29 is 33.5 Å². The minimum atomic E-state index is -0.281. The smallest absolute Gasteiger partial charge is 0.231 e.